The van der Waals surface area contributed by atoms with Crippen molar-refractivity contribution in [2.24, 2.45) is 0 Å². The van der Waals surface area contributed by atoms with Gasteiger partial charge in [-0.1, -0.05) is 12.1 Å². The maximum absolute atomic E-state index is 13.0. The Morgan fingerprint density at radius 1 is 1.23 bits per heavy atom. The highest BCUT2D eigenvalue weighted by molar-refractivity contribution is 5.95. The third-order valence-corrected chi connectivity index (χ3v) is 5.40. The van der Waals surface area contributed by atoms with Crippen LogP contribution in [0.5, 0.6) is 0 Å². The highest BCUT2D eigenvalue weighted by Gasteiger charge is 2.31. The molecule has 1 saturated heterocycles. The lowest BCUT2D eigenvalue weighted by Gasteiger charge is -2.34. The Balaban J connectivity index is 1.48. The number of aromatic amines is 1. The number of H-pyrrole nitrogens is 1. The van der Waals surface area contributed by atoms with Gasteiger partial charge in [-0.05, 0) is 49.9 Å². The molecule has 3 heterocycles. The van der Waals surface area contributed by atoms with E-state index in [1.807, 2.05) is 0 Å². The Morgan fingerprint density at radius 3 is 2.74 bits per heavy atom. The SMILES string of the molecule is Cc1nc(C2CCCCN2C(=O)c2ccn[nH]2)ncc1C(=O)NCc1ccc(F)cc1. The second-order valence-corrected chi connectivity index (χ2v) is 7.52. The standard InChI is InChI=1S/C22H23FN6O2/c1-14-17(21(30)25-12-15-5-7-16(23)8-6-15)13-24-20(27-14)19-4-2-3-11-29(19)22(31)18-9-10-26-28-18/h5-10,13,19H,2-4,11-12H2,1H3,(H,25,30)(H,26,28). The van der Waals surface area contributed by atoms with E-state index in [2.05, 4.69) is 25.5 Å². The molecule has 1 fully saturated rings. The van der Waals surface area contributed by atoms with Gasteiger partial charge in [-0.2, -0.15) is 5.10 Å². The van der Waals surface area contributed by atoms with Gasteiger partial charge in [0.2, 0.25) is 0 Å². The van der Waals surface area contributed by atoms with Crippen LogP contribution in [0.25, 0.3) is 0 Å². The maximum Gasteiger partial charge on any atom is 0.272 e. The van der Waals surface area contributed by atoms with Crippen LogP contribution >= 0.6 is 0 Å². The summed E-state index contributed by atoms with van der Waals surface area (Å²) in [7, 11) is 0. The number of carbonyl (C=O) groups is 2. The fourth-order valence-corrected chi connectivity index (χ4v) is 3.72. The van der Waals surface area contributed by atoms with E-state index in [0.717, 1.165) is 24.8 Å². The number of benzene rings is 1. The molecule has 2 amide bonds. The molecule has 3 aromatic rings. The summed E-state index contributed by atoms with van der Waals surface area (Å²) in [5.74, 6) is -0.232. The van der Waals surface area contributed by atoms with Crippen molar-refractivity contribution in [1.29, 1.82) is 0 Å². The van der Waals surface area contributed by atoms with Crippen LogP contribution in [0.15, 0.2) is 42.7 Å². The summed E-state index contributed by atoms with van der Waals surface area (Å²) in [6, 6.07) is 7.34. The number of nitrogens with zero attached hydrogens (tertiary/aromatic N) is 4. The van der Waals surface area contributed by atoms with Gasteiger partial charge >= 0.3 is 0 Å². The van der Waals surface area contributed by atoms with Crippen LogP contribution in [0.4, 0.5) is 4.39 Å². The van der Waals surface area contributed by atoms with Gasteiger partial charge in [-0.25, -0.2) is 14.4 Å². The molecule has 0 bridgehead atoms. The Bertz CT molecular complexity index is 1070. The molecule has 1 aliphatic heterocycles. The third-order valence-electron chi connectivity index (χ3n) is 5.40. The predicted molar refractivity (Wildman–Crippen MR) is 111 cm³/mol. The summed E-state index contributed by atoms with van der Waals surface area (Å²) in [5.41, 5.74) is 2.13. The molecule has 0 radical (unpaired) electrons. The zero-order valence-corrected chi connectivity index (χ0v) is 17.1. The normalized spacial score (nSPS) is 16.2. The monoisotopic (exact) mass is 422 g/mol. The predicted octanol–water partition coefficient (Wildman–Crippen LogP) is 2.94. The minimum absolute atomic E-state index is 0.135. The van der Waals surface area contributed by atoms with Crippen molar-refractivity contribution >= 4 is 11.8 Å². The molecule has 1 unspecified atom stereocenters. The first kappa shape index (κ1) is 20.6. The topological polar surface area (TPSA) is 104 Å². The number of rotatable bonds is 5. The molecule has 1 atom stereocenters. The first-order valence-corrected chi connectivity index (χ1v) is 10.2. The summed E-state index contributed by atoms with van der Waals surface area (Å²) in [5, 5.41) is 9.38. The fourth-order valence-electron chi connectivity index (χ4n) is 3.72. The molecule has 160 valence electrons. The van der Waals surface area contributed by atoms with Crippen LogP contribution in [-0.4, -0.2) is 43.4 Å². The van der Waals surface area contributed by atoms with E-state index in [9.17, 15) is 14.0 Å². The van der Waals surface area contributed by atoms with Gasteiger partial charge in [0.05, 0.1) is 17.3 Å². The quantitative estimate of drug-likeness (QED) is 0.658. The van der Waals surface area contributed by atoms with Crippen LogP contribution in [0.3, 0.4) is 0 Å². The largest absolute Gasteiger partial charge is 0.348 e. The molecule has 1 aliphatic rings. The van der Waals surface area contributed by atoms with Gasteiger partial charge in [-0.15, -0.1) is 0 Å². The Hall–Kier alpha value is -3.62. The van der Waals surface area contributed by atoms with Crippen molar-refractivity contribution in [3.8, 4) is 0 Å². The van der Waals surface area contributed by atoms with Crippen molar-refractivity contribution in [3.05, 3.63) is 76.9 Å². The lowest BCUT2D eigenvalue weighted by molar-refractivity contribution is 0.0593. The molecule has 1 aromatic carbocycles. The molecule has 31 heavy (non-hydrogen) atoms. The van der Waals surface area contributed by atoms with Gasteiger partial charge in [0.1, 0.15) is 11.5 Å². The van der Waals surface area contributed by atoms with Crippen molar-refractivity contribution in [2.75, 3.05) is 6.54 Å². The van der Waals surface area contributed by atoms with E-state index in [4.69, 9.17) is 0 Å². The zero-order valence-electron chi connectivity index (χ0n) is 17.1. The Morgan fingerprint density at radius 2 is 2.03 bits per heavy atom. The van der Waals surface area contributed by atoms with Crippen LogP contribution in [0.1, 0.15) is 63.2 Å². The van der Waals surface area contributed by atoms with Gasteiger partial charge < -0.3 is 10.2 Å². The van der Waals surface area contributed by atoms with E-state index in [-0.39, 0.29) is 30.2 Å². The molecular weight excluding hydrogens is 399 g/mol. The third kappa shape index (κ3) is 4.60. The second kappa shape index (κ2) is 9.03. The number of aromatic nitrogens is 4. The number of nitrogens with one attached hydrogen (secondary N) is 2. The summed E-state index contributed by atoms with van der Waals surface area (Å²) < 4.78 is 13.0. The van der Waals surface area contributed by atoms with E-state index in [1.165, 1.54) is 18.3 Å². The number of hydrogen-bond acceptors (Lipinski definition) is 5. The summed E-state index contributed by atoms with van der Waals surface area (Å²) in [6.45, 7) is 2.64. The highest BCUT2D eigenvalue weighted by atomic mass is 19.1. The fraction of sp³-hybridized carbons (Fsp3) is 0.318. The van der Waals surface area contributed by atoms with E-state index in [0.29, 0.717) is 29.3 Å². The van der Waals surface area contributed by atoms with Crippen molar-refractivity contribution < 1.29 is 14.0 Å². The summed E-state index contributed by atoms with van der Waals surface area (Å²) in [6.07, 6.45) is 5.70. The van der Waals surface area contributed by atoms with Crippen molar-refractivity contribution in [1.82, 2.24) is 30.4 Å². The number of likely N-dealkylation sites (tertiary alicyclic amines) is 1. The van der Waals surface area contributed by atoms with Gasteiger partial charge in [0.25, 0.3) is 11.8 Å². The number of hydrogen-bond donors (Lipinski definition) is 2. The van der Waals surface area contributed by atoms with Crippen LogP contribution < -0.4 is 5.32 Å². The average Bonchev–Trinajstić information content (AvgIpc) is 3.33. The van der Waals surface area contributed by atoms with Crippen molar-refractivity contribution in [2.45, 2.75) is 38.8 Å². The number of carbonyl (C=O) groups excluding carboxylic acids is 2. The zero-order chi connectivity index (χ0) is 21.8. The number of halogens is 1. The molecular formula is C22H23FN6O2. The number of amides is 2. The number of piperidine rings is 1. The first-order valence-electron chi connectivity index (χ1n) is 10.2. The highest BCUT2D eigenvalue weighted by Crippen LogP contribution is 2.30. The molecule has 2 aromatic heterocycles. The van der Waals surface area contributed by atoms with Gasteiger partial charge in [0, 0.05) is 25.5 Å². The average molecular weight is 422 g/mol. The van der Waals surface area contributed by atoms with E-state index in [1.54, 1.807) is 36.2 Å². The summed E-state index contributed by atoms with van der Waals surface area (Å²) >= 11 is 0. The molecule has 2 N–H and O–H groups in total. The number of aryl methyl sites for hydroxylation is 1. The van der Waals surface area contributed by atoms with Crippen LogP contribution in [-0.2, 0) is 6.54 Å². The Kier molecular flexibility index (Phi) is 6.01. The van der Waals surface area contributed by atoms with E-state index >= 15 is 0 Å². The van der Waals surface area contributed by atoms with Gasteiger partial charge in [0.15, 0.2) is 5.82 Å². The first-order chi connectivity index (χ1) is 15.0. The molecule has 0 aliphatic carbocycles. The molecule has 0 saturated carbocycles. The minimum atomic E-state index is -0.322. The lowest BCUT2D eigenvalue weighted by Crippen LogP contribution is -2.39. The minimum Gasteiger partial charge on any atom is -0.348 e. The maximum atomic E-state index is 13.0. The summed E-state index contributed by atoms with van der Waals surface area (Å²) in [4.78, 5) is 36.2. The Labute approximate surface area is 178 Å². The van der Waals surface area contributed by atoms with E-state index < -0.39 is 0 Å². The lowest BCUT2D eigenvalue weighted by atomic mass is 10.0. The van der Waals surface area contributed by atoms with Crippen LogP contribution in [0, 0.1) is 12.7 Å². The van der Waals surface area contributed by atoms with Crippen molar-refractivity contribution in [3.63, 3.8) is 0 Å². The van der Waals surface area contributed by atoms with Gasteiger partial charge in [-0.3, -0.25) is 14.7 Å². The smallest absolute Gasteiger partial charge is 0.272 e. The van der Waals surface area contributed by atoms with Crippen LogP contribution in [0.2, 0.25) is 0 Å². The molecule has 9 heteroatoms. The molecule has 8 nitrogen and oxygen atoms in total. The second-order valence-electron chi connectivity index (χ2n) is 7.52. The molecule has 4 rings (SSSR count). The molecule has 0 spiro atoms.